The first-order valence-electron chi connectivity index (χ1n) is 4.33. The summed E-state index contributed by atoms with van der Waals surface area (Å²) >= 11 is 0. The number of morpholine rings is 1. The molecule has 0 aliphatic carbocycles. The molecule has 1 heterocycles. The average molecular weight is 172 g/mol. The van der Waals surface area contributed by atoms with Gasteiger partial charge >= 0.3 is 6.03 Å². The Bertz CT molecular complexity index is 153. The smallest absolute Gasteiger partial charge is 0.317 e. The first kappa shape index (κ1) is 9.32. The van der Waals surface area contributed by atoms with E-state index in [4.69, 9.17) is 4.74 Å². The number of rotatable bonds is 1. The van der Waals surface area contributed by atoms with Gasteiger partial charge in [-0.15, -0.1) is 0 Å². The lowest BCUT2D eigenvalue weighted by Crippen LogP contribution is -2.47. The molecule has 1 rings (SSSR count). The Hall–Kier alpha value is -0.770. The van der Waals surface area contributed by atoms with Gasteiger partial charge in [-0.3, -0.25) is 0 Å². The largest absolute Gasteiger partial charge is 0.378 e. The third-order valence-corrected chi connectivity index (χ3v) is 1.71. The Morgan fingerprint density at radius 3 is 2.50 bits per heavy atom. The highest BCUT2D eigenvalue weighted by molar-refractivity contribution is 5.74. The summed E-state index contributed by atoms with van der Waals surface area (Å²) in [4.78, 5) is 13.1. The summed E-state index contributed by atoms with van der Waals surface area (Å²) in [6.07, 6.45) is 0. The summed E-state index contributed by atoms with van der Waals surface area (Å²) in [5.74, 6) is 0. The molecule has 0 spiro atoms. The number of ether oxygens (including phenoxy) is 1. The molecule has 1 fully saturated rings. The van der Waals surface area contributed by atoms with E-state index in [-0.39, 0.29) is 12.1 Å². The Labute approximate surface area is 72.9 Å². The van der Waals surface area contributed by atoms with Gasteiger partial charge in [-0.05, 0) is 13.8 Å². The number of hydrogen-bond acceptors (Lipinski definition) is 2. The molecule has 0 saturated carbocycles. The summed E-state index contributed by atoms with van der Waals surface area (Å²) < 4.78 is 5.13. The van der Waals surface area contributed by atoms with Crippen molar-refractivity contribution in [2.75, 3.05) is 26.3 Å². The van der Waals surface area contributed by atoms with E-state index in [1.165, 1.54) is 0 Å². The zero-order valence-electron chi connectivity index (χ0n) is 7.67. The maximum atomic E-state index is 11.4. The normalized spacial score (nSPS) is 18.1. The van der Waals surface area contributed by atoms with Crippen molar-refractivity contribution in [2.45, 2.75) is 19.9 Å². The zero-order chi connectivity index (χ0) is 8.97. The van der Waals surface area contributed by atoms with Crippen molar-refractivity contribution in [1.29, 1.82) is 0 Å². The summed E-state index contributed by atoms with van der Waals surface area (Å²) in [5, 5.41) is 2.84. The van der Waals surface area contributed by atoms with E-state index in [0.717, 1.165) is 0 Å². The predicted octanol–water partition coefficient (Wildman–Crippen LogP) is 0.437. The van der Waals surface area contributed by atoms with Gasteiger partial charge in [-0.2, -0.15) is 0 Å². The van der Waals surface area contributed by atoms with Crippen molar-refractivity contribution < 1.29 is 9.53 Å². The third-order valence-electron chi connectivity index (χ3n) is 1.71. The van der Waals surface area contributed by atoms with Gasteiger partial charge < -0.3 is 15.0 Å². The van der Waals surface area contributed by atoms with Crippen LogP contribution in [0.1, 0.15) is 13.8 Å². The van der Waals surface area contributed by atoms with Crippen LogP contribution in [0.25, 0.3) is 0 Å². The van der Waals surface area contributed by atoms with Crippen LogP contribution in [-0.4, -0.2) is 43.3 Å². The van der Waals surface area contributed by atoms with Crippen molar-refractivity contribution in [3.8, 4) is 0 Å². The predicted molar refractivity (Wildman–Crippen MR) is 46.1 cm³/mol. The fourth-order valence-electron chi connectivity index (χ4n) is 1.10. The summed E-state index contributed by atoms with van der Waals surface area (Å²) in [6, 6.07) is 0.230. The molecule has 12 heavy (non-hydrogen) atoms. The molecule has 0 radical (unpaired) electrons. The van der Waals surface area contributed by atoms with Gasteiger partial charge in [0.05, 0.1) is 13.2 Å². The van der Waals surface area contributed by atoms with E-state index < -0.39 is 0 Å². The summed E-state index contributed by atoms with van der Waals surface area (Å²) in [5.41, 5.74) is 0. The SMILES string of the molecule is CC(C)NC(=O)N1CCOCC1. The van der Waals surface area contributed by atoms with Gasteiger partial charge in [0.2, 0.25) is 0 Å². The first-order chi connectivity index (χ1) is 5.70. The topological polar surface area (TPSA) is 41.6 Å². The standard InChI is InChI=1S/C8H16N2O2/c1-7(2)9-8(11)10-3-5-12-6-4-10/h7H,3-6H2,1-2H3,(H,9,11). The molecular weight excluding hydrogens is 156 g/mol. The molecule has 0 aromatic carbocycles. The molecule has 0 bridgehead atoms. The van der Waals surface area contributed by atoms with E-state index in [9.17, 15) is 4.79 Å². The van der Waals surface area contributed by atoms with Crippen LogP contribution in [0, 0.1) is 0 Å². The van der Waals surface area contributed by atoms with Crippen molar-refractivity contribution >= 4 is 6.03 Å². The zero-order valence-corrected chi connectivity index (χ0v) is 7.67. The number of amides is 2. The molecule has 2 amide bonds. The van der Waals surface area contributed by atoms with Gasteiger partial charge in [0.1, 0.15) is 0 Å². The molecule has 0 aromatic heterocycles. The van der Waals surface area contributed by atoms with Crippen LogP contribution >= 0.6 is 0 Å². The minimum absolute atomic E-state index is 0.0216. The third kappa shape index (κ3) is 2.70. The van der Waals surface area contributed by atoms with Gasteiger partial charge in [0, 0.05) is 19.1 Å². The van der Waals surface area contributed by atoms with Crippen LogP contribution in [0.2, 0.25) is 0 Å². The average Bonchev–Trinajstić information content (AvgIpc) is 2.05. The molecule has 0 aromatic rings. The highest BCUT2D eigenvalue weighted by atomic mass is 16.5. The molecule has 70 valence electrons. The van der Waals surface area contributed by atoms with Gasteiger partial charge in [0.25, 0.3) is 0 Å². The maximum absolute atomic E-state index is 11.4. The number of nitrogens with zero attached hydrogens (tertiary/aromatic N) is 1. The molecule has 4 heteroatoms. The van der Waals surface area contributed by atoms with E-state index in [2.05, 4.69) is 5.32 Å². The minimum atomic E-state index is 0.0216. The lowest BCUT2D eigenvalue weighted by Gasteiger charge is -2.27. The highest BCUT2D eigenvalue weighted by Crippen LogP contribution is 1.97. The van der Waals surface area contributed by atoms with Gasteiger partial charge in [-0.1, -0.05) is 0 Å². The van der Waals surface area contributed by atoms with Crippen molar-refractivity contribution in [2.24, 2.45) is 0 Å². The van der Waals surface area contributed by atoms with Crippen molar-refractivity contribution in [3.05, 3.63) is 0 Å². The number of carbonyl (C=O) groups is 1. The maximum Gasteiger partial charge on any atom is 0.317 e. The van der Waals surface area contributed by atoms with Crippen LogP contribution in [0.5, 0.6) is 0 Å². The monoisotopic (exact) mass is 172 g/mol. The van der Waals surface area contributed by atoms with Crippen LogP contribution in [0.15, 0.2) is 0 Å². The van der Waals surface area contributed by atoms with E-state index >= 15 is 0 Å². The van der Waals surface area contributed by atoms with Crippen LogP contribution in [0.4, 0.5) is 4.79 Å². The number of nitrogens with one attached hydrogen (secondary N) is 1. The van der Waals surface area contributed by atoms with Crippen LogP contribution in [-0.2, 0) is 4.74 Å². The van der Waals surface area contributed by atoms with Crippen molar-refractivity contribution in [1.82, 2.24) is 10.2 Å². The van der Waals surface area contributed by atoms with E-state index in [1.54, 1.807) is 4.90 Å². The number of urea groups is 1. The minimum Gasteiger partial charge on any atom is -0.378 e. The molecule has 4 nitrogen and oxygen atoms in total. The number of hydrogen-bond donors (Lipinski definition) is 1. The Morgan fingerprint density at radius 2 is 2.00 bits per heavy atom. The molecule has 1 saturated heterocycles. The second kappa shape index (κ2) is 4.30. The quantitative estimate of drug-likeness (QED) is 0.623. The van der Waals surface area contributed by atoms with Crippen molar-refractivity contribution in [3.63, 3.8) is 0 Å². The van der Waals surface area contributed by atoms with E-state index in [1.807, 2.05) is 13.8 Å². The Kier molecular flexibility index (Phi) is 3.34. The lowest BCUT2D eigenvalue weighted by atomic mass is 10.4. The van der Waals surface area contributed by atoms with Crippen LogP contribution < -0.4 is 5.32 Å². The van der Waals surface area contributed by atoms with Crippen LogP contribution in [0.3, 0.4) is 0 Å². The first-order valence-corrected chi connectivity index (χ1v) is 4.33. The highest BCUT2D eigenvalue weighted by Gasteiger charge is 2.16. The fraction of sp³-hybridized carbons (Fsp3) is 0.875. The Morgan fingerprint density at radius 1 is 1.42 bits per heavy atom. The molecule has 0 unspecified atom stereocenters. The summed E-state index contributed by atoms with van der Waals surface area (Å²) in [6.45, 7) is 6.64. The second-order valence-electron chi connectivity index (χ2n) is 3.20. The second-order valence-corrected chi connectivity index (χ2v) is 3.20. The molecule has 1 N–H and O–H groups in total. The molecule has 1 aliphatic rings. The Balaban J connectivity index is 2.30. The van der Waals surface area contributed by atoms with E-state index in [0.29, 0.717) is 26.3 Å². The lowest BCUT2D eigenvalue weighted by molar-refractivity contribution is 0.0527. The van der Waals surface area contributed by atoms with Gasteiger partial charge in [0.15, 0.2) is 0 Å². The molecular formula is C8H16N2O2. The molecule has 0 atom stereocenters. The molecule has 1 aliphatic heterocycles. The fourth-order valence-corrected chi connectivity index (χ4v) is 1.10. The van der Waals surface area contributed by atoms with Gasteiger partial charge in [-0.25, -0.2) is 4.79 Å². The number of carbonyl (C=O) groups excluding carboxylic acids is 1. The summed E-state index contributed by atoms with van der Waals surface area (Å²) in [7, 11) is 0.